The van der Waals surface area contributed by atoms with Gasteiger partial charge >= 0.3 is 0 Å². The van der Waals surface area contributed by atoms with Crippen molar-refractivity contribution < 1.29 is 38.1 Å². The first-order valence-corrected chi connectivity index (χ1v) is 3.56. The zero-order valence-corrected chi connectivity index (χ0v) is 9.67. The molecule has 0 bridgehead atoms. The minimum absolute atomic E-state index is 0. The summed E-state index contributed by atoms with van der Waals surface area (Å²) in [5, 5.41) is 0. The Morgan fingerprint density at radius 2 is 1.42 bits per heavy atom. The minimum atomic E-state index is 0. The van der Waals surface area contributed by atoms with Crippen molar-refractivity contribution in [1.82, 2.24) is 0 Å². The summed E-state index contributed by atoms with van der Waals surface area (Å²) < 4.78 is 0. The fourth-order valence-corrected chi connectivity index (χ4v) is 0.729. The molecular formula is C8H23O3Ti-. The van der Waals surface area contributed by atoms with Crippen LogP contribution in [0.3, 0.4) is 0 Å². The van der Waals surface area contributed by atoms with Crippen LogP contribution in [-0.4, -0.2) is 16.4 Å². The van der Waals surface area contributed by atoms with Crippen molar-refractivity contribution in [3.05, 3.63) is 6.92 Å². The topological polar surface area (TPSA) is 94.5 Å². The third-order valence-electron chi connectivity index (χ3n) is 1.28. The molecule has 0 atom stereocenters. The van der Waals surface area contributed by atoms with Gasteiger partial charge in [0.2, 0.25) is 0 Å². The molecule has 0 aliphatic heterocycles. The standard InChI is InChI=1S/C8H17.3H2O.Ti/c1-4-5-6-7-8(2)3;;;;/h8H,1,4-7H2,2-3H3;3*1H2;/q-1;;;;. The zero-order chi connectivity index (χ0) is 6.41. The van der Waals surface area contributed by atoms with E-state index in [0.29, 0.717) is 0 Å². The van der Waals surface area contributed by atoms with Crippen LogP contribution in [-0.2, 0) is 21.7 Å². The number of hydrogen-bond acceptors (Lipinski definition) is 0. The second-order valence-corrected chi connectivity index (χ2v) is 2.74. The van der Waals surface area contributed by atoms with Crippen LogP contribution in [0.1, 0.15) is 39.5 Å². The first kappa shape index (κ1) is 29.4. The van der Waals surface area contributed by atoms with Crippen LogP contribution in [0.4, 0.5) is 0 Å². The molecule has 6 N–H and O–H groups in total. The Bertz CT molecular complexity index is 51.6. The molecule has 0 aromatic rings. The van der Waals surface area contributed by atoms with Crippen molar-refractivity contribution in [2.24, 2.45) is 5.92 Å². The monoisotopic (exact) mass is 215 g/mol. The van der Waals surface area contributed by atoms with Gasteiger partial charge in [0.05, 0.1) is 0 Å². The minimum Gasteiger partial charge on any atom is -0.412 e. The van der Waals surface area contributed by atoms with Crippen molar-refractivity contribution in [3.63, 3.8) is 0 Å². The molecule has 0 aromatic heterocycles. The molecule has 0 aliphatic carbocycles. The summed E-state index contributed by atoms with van der Waals surface area (Å²) in [7, 11) is 0. The molecule has 0 radical (unpaired) electrons. The Morgan fingerprint density at radius 3 is 1.67 bits per heavy atom. The van der Waals surface area contributed by atoms with Gasteiger partial charge in [-0.25, -0.2) is 0 Å². The average molecular weight is 215 g/mol. The molecular weight excluding hydrogens is 192 g/mol. The van der Waals surface area contributed by atoms with E-state index in [1.165, 1.54) is 19.3 Å². The predicted molar refractivity (Wildman–Crippen MR) is 49.5 cm³/mol. The van der Waals surface area contributed by atoms with Gasteiger partial charge in [-0.15, -0.1) is 0 Å². The number of hydrogen-bond donors (Lipinski definition) is 0. The maximum atomic E-state index is 3.78. The molecule has 3 nitrogen and oxygen atoms in total. The summed E-state index contributed by atoms with van der Waals surface area (Å²) in [6.07, 6.45) is 5.14. The molecule has 0 aliphatic rings. The van der Waals surface area contributed by atoms with Crippen LogP contribution in [0.25, 0.3) is 0 Å². The molecule has 0 aromatic carbocycles. The van der Waals surface area contributed by atoms with Crippen LogP contribution < -0.4 is 0 Å². The first-order chi connectivity index (χ1) is 3.77. The summed E-state index contributed by atoms with van der Waals surface area (Å²) in [5.41, 5.74) is 0. The van der Waals surface area contributed by atoms with Crippen LogP contribution in [0.5, 0.6) is 0 Å². The number of rotatable bonds is 4. The second kappa shape index (κ2) is 22.6. The van der Waals surface area contributed by atoms with Gasteiger partial charge in [-0.3, -0.25) is 0 Å². The van der Waals surface area contributed by atoms with Gasteiger partial charge < -0.3 is 23.4 Å². The van der Waals surface area contributed by atoms with E-state index in [9.17, 15) is 0 Å². The van der Waals surface area contributed by atoms with Crippen LogP contribution in [0.15, 0.2) is 0 Å². The molecule has 0 saturated heterocycles. The predicted octanol–water partition coefficient (Wildman–Crippen LogP) is 0.560. The normalized spacial score (nSPS) is 7.00. The van der Waals surface area contributed by atoms with Crippen LogP contribution in [0.2, 0.25) is 0 Å². The molecule has 0 fully saturated rings. The summed E-state index contributed by atoms with van der Waals surface area (Å²) in [5.74, 6) is 0.876. The van der Waals surface area contributed by atoms with Crippen LogP contribution in [0, 0.1) is 12.8 Å². The van der Waals surface area contributed by atoms with Crippen molar-refractivity contribution >= 4 is 0 Å². The maximum Gasteiger partial charge on any atom is 0 e. The van der Waals surface area contributed by atoms with Crippen molar-refractivity contribution in [2.45, 2.75) is 39.5 Å². The Morgan fingerprint density at radius 1 is 1.00 bits per heavy atom. The van der Waals surface area contributed by atoms with Crippen LogP contribution >= 0.6 is 0 Å². The van der Waals surface area contributed by atoms with E-state index in [-0.39, 0.29) is 38.1 Å². The average Bonchev–Trinajstić information content (AvgIpc) is 1.66. The third kappa shape index (κ3) is 31.2. The third-order valence-corrected chi connectivity index (χ3v) is 1.28. The van der Waals surface area contributed by atoms with Crippen molar-refractivity contribution in [3.8, 4) is 0 Å². The largest absolute Gasteiger partial charge is 0.412 e. The molecule has 0 saturated carbocycles. The molecule has 78 valence electrons. The Balaban J connectivity index is -0.0000000408. The number of unbranched alkanes of at least 4 members (excludes halogenated alkanes) is 2. The van der Waals surface area contributed by atoms with E-state index < -0.39 is 0 Å². The Hall–Kier alpha value is 0.594. The molecule has 12 heavy (non-hydrogen) atoms. The smallest absolute Gasteiger partial charge is 0 e. The zero-order valence-electron chi connectivity index (χ0n) is 8.11. The Kier molecular flexibility index (Phi) is 55.2. The molecule has 0 unspecified atom stereocenters. The summed E-state index contributed by atoms with van der Waals surface area (Å²) in [6, 6.07) is 0. The van der Waals surface area contributed by atoms with E-state index in [4.69, 9.17) is 0 Å². The molecule has 4 heteroatoms. The van der Waals surface area contributed by atoms with Gasteiger partial charge in [0.15, 0.2) is 0 Å². The van der Waals surface area contributed by atoms with Gasteiger partial charge in [-0.1, -0.05) is 33.1 Å². The van der Waals surface area contributed by atoms with Crippen molar-refractivity contribution in [1.29, 1.82) is 0 Å². The van der Waals surface area contributed by atoms with E-state index in [2.05, 4.69) is 20.8 Å². The SMILES string of the molecule is O.O.O.[CH2-]CCCCC(C)C.[Ti]. The van der Waals surface area contributed by atoms with Crippen molar-refractivity contribution in [2.75, 3.05) is 0 Å². The fourth-order valence-electron chi connectivity index (χ4n) is 0.729. The summed E-state index contributed by atoms with van der Waals surface area (Å²) in [6.45, 7) is 8.32. The van der Waals surface area contributed by atoms with Gasteiger partial charge in [0, 0.05) is 21.7 Å². The summed E-state index contributed by atoms with van der Waals surface area (Å²) >= 11 is 0. The quantitative estimate of drug-likeness (QED) is 0.372. The maximum absolute atomic E-state index is 3.78. The molecule has 0 rings (SSSR count). The fraction of sp³-hybridized carbons (Fsp3) is 0.875. The van der Waals surface area contributed by atoms with E-state index in [0.717, 1.165) is 12.3 Å². The molecule has 0 heterocycles. The van der Waals surface area contributed by atoms with Gasteiger partial charge in [-0.2, -0.15) is 6.42 Å². The van der Waals surface area contributed by atoms with Gasteiger partial charge in [0.25, 0.3) is 0 Å². The Labute approximate surface area is 90.7 Å². The van der Waals surface area contributed by atoms with Gasteiger partial charge in [-0.05, 0) is 5.92 Å². The molecule has 0 spiro atoms. The van der Waals surface area contributed by atoms with Gasteiger partial charge in [0.1, 0.15) is 0 Å². The van der Waals surface area contributed by atoms with E-state index >= 15 is 0 Å². The molecule has 0 amide bonds. The summed E-state index contributed by atoms with van der Waals surface area (Å²) in [4.78, 5) is 0. The second-order valence-electron chi connectivity index (χ2n) is 2.74. The van der Waals surface area contributed by atoms with E-state index in [1.54, 1.807) is 0 Å². The first-order valence-electron chi connectivity index (χ1n) is 3.56. The van der Waals surface area contributed by atoms with E-state index in [1.807, 2.05) is 0 Å².